The smallest absolute Gasteiger partial charge is 0.337 e. The van der Waals surface area contributed by atoms with E-state index >= 15 is 0 Å². The third-order valence-electron chi connectivity index (χ3n) is 5.26. The van der Waals surface area contributed by atoms with Crippen LogP contribution in [0.2, 0.25) is 5.02 Å². The summed E-state index contributed by atoms with van der Waals surface area (Å²) in [4.78, 5) is 20.9. The first-order valence-electron chi connectivity index (χ1n) is 9.78. The van der Waals surface area contributed by atoms with Gasteiger partial charge in [0.25, 0.3) is 0 Å². The monoisotopic (exact) mass is 399 g/mol. The van der Waals surface area contributed by atoms with Crippen LogP contribution >= 0.6 is 11.6 Å². The van der Waals surface area contributed by atoms with Gasteiger partial charge in [-0.3, -0.25) is 0 Å². The summed E-state index contributed by atoms with van der Waals surface area (Å²) in [5.74, 6) is 0.811. The predicted molar refractivity (Wildman–Crippen MR) is 113 cm³/mol. The summed E-state index contributed by atoms with van der Waals surface area (Å²) in [5.41, 5.74) is 3.81. The number of benzene rings is 1. The largest absolute Gasteiger partial charge is 0.465 e. The molecule has 2 heterocycles. The molecule has 0 aliphatic heterocycles. The van der Waals surface area contributed by atoms with E-state index in [1.807, 2.05) is 39.1 Å². The molecule has 2 aromatic heterocycles. The quantitative estimate of drug-likeness (QED) is 0.525. The molecule has 6 heteroatoms. The molecule has 0 saturated heterocycles. The van der Waals surface area contributed by atoms with Crippen molar-refractivity contribution in [3.8, 4) is 11.5 Å². The number of methoxy groups -OCH3 is 1. The Morgan fingerprint density at radius 1 is 1.18 bits per heavy atom. The molecule has 5 nitrogen and oxygen atoms in total. The Balaban J connectivity index is 0.00000109. The van der Waals surface area contributed by atoms with Crippen molar-refractivity contribution >= 4 is 28.5 Å². The molecule has 1 aliphatic rings. The lowest BCUT2D eigenvalue weighted by atomic mass is 9.93. The van der Waals surface area contributed by atoms with E-state index in [1.165, 1.54) is 38.4 Å². The third kappa shape index (κ3) is 3.63. The van der Waals surface area contributed by atoms with Gasteiger partial charge in [0.1, 0.15) is 0 Å². The van der Waals surface area contributed by atoms with Crippen LogP contribution in [0.4, 0.5) is 0 Å². The Morgan fingerprint density at radius 3 is 2.43 bits per heavy atom. The molecule has 1 saturated carbocycles. The van der Waals surface area contributed by atoms with E-state index in [-0.39, 0.29) is 5.97 Å². The molecule has 0 unspecified atom stereocenters. The van der Waals surface area contributed by atoms with Crippen LogP contribution in [0, 0.1) is 0 Å². The summed E-state index contributed by atoms with van der Waals surface area (Å²) in [6.07, 6.45) is 8.06. The van der Waals surface area contributed by atoms with Crippen molar-refractivity contribution in [1.82, 2.24) is 14.5 Å². The first-order chi connectivity index (χ1) is 13.6. The minimum atomic E-state index is -0.334. The lowest BCUT2D eigenvalue weighted by Gasteiger charge is -2.12. The number of aryl methyl sites for hydroxylation is 1. The van der Waals surface area contributed by atoms with Gasteiger partial charge in [-0.25, -0.2) is 14.8 Å². The van der Waals surface area contributed by atoms with Crippen molar-refractivity contribution in [1.29, 1.82) is 0 Å². The predicted octanol–water partition coefficient (Wildman–Crippen LogP) is 5.76. The average Bonchev–Trinajstić information content (AvgIpc) is 3.36. The number of rotatable bonds is 3. The summed E-state index contributed by atoms with van der Waals surface area (Å²) >= 11 is 5.97. The zero-order chi connectivity index (χ0) is 20.3. The van der Waals surface area contributed by atoms with Gasteiger partial charge in [0.05, 0.1) is 23.4 Å². The topological polar surface area (TPSA) is 57.0 Å². The number of fused-ring (bicyclic) bond motifs is 1. The zero-order valence-electron chi connectivity index (χ0n) is 16.8. The highest BCUT2D eigenvalue weighted by atomic mass is 35.5. The van der Waals surface area contributed by atoms with Gasteiger partial charge >= 0.3 is 5.97 Å². The fourth-order valence-electron chi connectivity index (χ4n) is 4.04. The van der Waals surface area contributed by atoms with E-state index in [0.29, 0.717) is 22.3 Å². The molecule has 3 aromatic rings. The van der Waals surface area contributed by atoms with E-state index in [0.717, 1.165) is 16.6 Å². The van der Waals surface area contributed by atoms with Crippen LogP contribution in [0.25, 0.3) is 22.4 Å². The average molecular weight is 400 g/mol. The summed E-state index contributed by atoms with van der Waals surface area (Å²) < 4.78 is 6.95. The Bertz CT molecular complexity index is 974. The lowest BCUT2D eigenvalue weighted by molar-refractivity contribution is 0.0601. The maximum Gasteiger partial charge on any atom is 0.337 e. The van der Waals surface area contributed by atoms with Crippen molar-refractivity contribution in [3.05, 3.63) is 46.7 Å². The molecule has 148 valence electrons. The molecule has 0 bridgehead atoms. The van der Waals surface area contributed by atoms with E-state index in [2.05, 4.69) is 14.5 Å². The number of nitrogens with zero attached hydrogens (tertiary/aromatic N) is 3. The number of carbonyl (C=O) groups is 1. The highest BCUT2D eigenvalue weighted by Crippen LogP contribution is 2.43. The molecule has 0 spiro atoms. The van der Waals surface area contributed by atoms with Crippen LogP contribution < -0.4 is 0 Å². The van der Waals surface area contributed by atoms with Crippen LogP contribution in [-0.4, -0.2) is 27.6 Å². The highest BCUT2D eigenvalue weighted by Gasteiger charge is 2.28. The molecule has 0 radical (unpaired) electrons. The van der Waals surface area contributed by atoms with Gasteiger partial charge in [-0.05, 0) is 36.5 Å². The molecule has 1 aromatic carbocycles. The number of hydrogen-bond donors (Lipinski definition) is 0. The number of ether oxygens (including phenoxy) is 1. The van der Waals surface area contributed by atoms with Gasteiger partial charge in [-0.2, -0.15) is 0 Å². The van der Waals surface area contributed by atoms with Gasteiger partial charge in [-0.15, -0.1) is 0 Å². The Morgan fingerprint density at radius 2 is 1.82 bits per heavy atom. The second-order valence-corrected chi connectivity index (χ2v) is 7.19. The van der Waals surface area contributed by atoms with Gasteiger partial charge in [0.2, 0.25) is 0 Å². The molecule has 1 fully saturated rings. The Hall–Kier alpha value is -2.40. The standard InChI is InChI=1S/C20H20ClN3O2.C2H6/c1-24-16-9-13(20(25)26-2)7-8-15(16)17(12-5-3-4-6-12)18(24)19-22-10-14(21)11-23-19;1-2/h7-12H,3-6H2,1-2H3;1-2H3. The second kappa shape index (κ2) is 8.74. The number of halogens is 1. The summed E-state index contributed by atoms with van der Waals surface area (Å²) in [5, 5.41) is 1.67. The van der Waals surface area contributed by atoms with Crippen molar-refractivity contribution < 1.29 is 9.53 Å². The van der Waals surface area contributed by atoms with Crippen LogP contribution in [0.15, 0.2) is 30.6 Å². The van der Waals surface area contributed by atoms with Gasteiger partial charge in [0.15, 0.2) is 5.82 Å². The Labute approximate surface area is 170 Å². The minimum absolute atomic E-state index is 0.334. The molecule has 0 atom stereocenters. The van der Waals surface area contributed by atoms with Crippen LogP contribution in [-0.2, 0) is 11.8 Å². The fourth-order valence-corrected chi connectivity index (χ4v) is 4.14. The molecule has 1 aliphatic carbocycles. The lowest BCUT2D eigenvalue weighted by Crippen LogP contribution is -2.02. The molecule has 28 heavy (non-hydrogen) atoms. The zero-order valence-corrected chi connectivity index (χ0v) is 17.6. The number of aromatic nitrogens is 3. The van der Waals surface area contributed by atoms with E-state index in [1.54, 1.807) is 12.4 Å². The van der Waals surface area contributed by atoms with Gasteiger partial charge < -0.3 is 9.30 Å². The number of esters is 1. The maximum atomic E-state index is 12.0. The van der Waals surface area contributed by atoms with E-state index in [4.69, 9.17) is 16.3 Å². The Kier molecular flexibility index (Phi) is 6.35. The maximum absolute atomic E-state index is 12.0. The van der Waals surface area contributed by atoms with Crippen LogP contribution in [0.1, 0.15) is 61.4 Å². The first-order valence-corrected chi connectivity index (χ1v) is 10.2. The molecule has 0 amide bonds. The SMILES string of the molecule is CC.COC(=O)c1ccc2c(C3CCCC3)c(-c3ncc(Cl)cn3)n(C)c2c1. The normalized spacial score (nSPS) is 14.0. The second-order valence-electron chi connectivity index (χ2n) is 6.75. The van der Waals surface area contributed by atoms with Gasteiger partial charge in [-0.1, -0.05) is 44.4 Å². The summed E-state index contributed by atoms with van der Waals surface area (Å²) in [7, 11) is 3.39. The van der Waals surface area contributed by atoms with E-state index in [9.17, 15) is 4.79 Å². The molecular formula is C22H26ClN3O2. The summed E-state index contributed by atoms with van der Waals surface area (Å²) in [6.45, 7) is 4.00. The van der Waals surface area contributed by atoms with Crippen molar-refractivity contribution in [3.63, 3.8) is 0 Å². The first kappa shape index (κ1) is 20.3. The number of carbonyl (C=O) groups excluding carboxylic acids is 1. The van der Waals surface area contributed by atoms with Crippen molar-refractivity contribution in [2.24, 2.45) is 7.05 Å². The third-order valence-corrected chi connectivity index (χ3v) is 5.45. The van der Waals surface area contributed by atoms with Crippen molar-refractivity contribution in [2.45, 2.75) is 45.4 Å². The molecule has 4 rings (SSSR count). The van der Waals surface area contributed by atoms with E-state index < -0.39 is 0 Å². The van der Waals surface area contributed by atoms with Crippen LogP contribution in [0.5, 0.6) is 0 Å². The van der Waals surface area contributed by atoms with Crippen molar-refractivity contribution in [2.75, 3.05) is 7.11 Å². The molecule has 0 N–H and O–H groups in total. The fraction of sp³-hybridized carbons (Fsp3) is 0.409. The highest BCUT2D eigenvalue weighted by molar-refractivity contribution is 6.30. The minimum Gasteiger partial charge on any atom is -0.465 e. The summed E-state index contributed by atoms with van der Waals surface area (Å²) in [6, 6.07) is 5.74. The van der Waals surface area contributed by atoms with Gasteiger partial charge in [0, 0.05) is 30.3 Å². The van der Waals surface area contributed by atoms with Crippen LogP contribution in [0.3, 0.4) is 0 Å². The number of hydrogen-bond acceptors (Lipinski definition) is 4. The molecular weight excluding hydrogens is 374 g/mol.